The van der Waals surface area contributed by atoms with E-state index in [1.807, 2.05) is 0 Å². The standard InChI is InChI=1S/C12H20N6O6/c13-17-15-3-1-5-23-11(19)9-21-7-8-22-10-12(20)24-6-2-4-16-18-14/h1-10H2. The van der Waals surface area contributed by atoms with Crippen molar-refractivity contribution in [2.24, 2.45) is 10.2 Å². The third-order valence-corrected chi connectivity index (χ3v) is 2.27. The van der Waals surface area contributed by atoms with Crippen molar-refractivity contribution >= 4 is 11.9 Å². The van der Waals surface area contributed by atoms with Gasteiger partial charge >= 0.3 is 11.9 Å². The van der Waals surface area contributed by atoms with Crippen LogP contribution in [0, 0.1) is 0 Å². The zero-order chi connectivity index (χ0) is 17.9. The molecule has 0 aromatic heterocycles. The molecule has 0 N–H and O–H groups in total. The fourth-order valence-corrected chi connectivity index (χ4v) is 1.24. The highest BCUT2D eigenvalue weighted by atomic mass is 16.6. The highest BCUT2D eigenvalue weighted by Crippen LogP contribution is 1.90. The zero-order valence-electron chi connectivity index (χ0n) is 13.2. The fourth-order valence-electron chi connectivity index (χ4n) is 1.24. The van der Waals surface area contributed by atoms with E-state index in [9.17, 15) is 9.59 Å². The number of rotatable bonds is 15. The van der Waals surface area contributed by atoms with E-state index in [2.05, 4.69) is 20.1 Å². The van der Waals surface area contributed by atoms with Crippen LogP contribution in [0.15, 0.2) is 10.2 Å². The maximum absolute atomic E-state index is 11.2. The van der Waals surface area contributed by atoms with Crippen LogP contribution in [0.3, 0.4) is 0 Å². The first-order valence-corrected chi connectivity index (χ1v) is 7.19. The van der Waals surface area contributed by atoms with Gasteiger partial charge in [0, 0.05) is 22.9 Å². The van der Waals surface area contributed by atoms with Gasteiger partial charge in [0.15, 0.2) is 0 Å². The molecule has 0 radical (unpaired) electrons. The van der Waals surface area contributed by atoms with Crippen LogP contribution < -0.4 is 0 Å². The molecule has 24 heavy (non-hydrogen) atoms. The van der Waals surface area contributed by atoms with Gasteiger partial charge in [0.2, 0.25) is 0 Å². The average molecular weight is 344 g/mol. The van der Waals surface area contributed by atoms with E-state index in [0.717, 1.165) is 0 Å². The Morgan fingerprint density at radius 2 is 1.17 bits per heavy atom. The molecule has 12 heteroatoms. The minimum absolute atomic E-state index is 0.123. The normalized spacial score (nSPS) is 9.50. The number of esters is 2. The molecule has 0 aromatic carbocycles. The van der Waals surface area contributed by atoms with Crippen molar-refractivity contribution in [1.82, 2.24) is 0 Å². The summed E-state index contributed by atoms with van der Waals surface area (Å²) in [6.07, 6.45) is 0.897. The summed E-state index contributed by atoms with van der Waals surface area (Å²) >= 11 is 0. The summed E-state index contributed by atoms with van der Waals surface area (Å²) in [4.78, 5) is 27.6. The molecule has 0 heterocycles. The minimum Gasteiger partial charge on any atom is -0.464 e. The van der Waals surface area contributed by atoms with Crippen molar-refractivity contribution in [1.29, 1.82) is 0 Å². The first-order chi connectivity index (χ1) is 11.7. The number of ether oxygens (including phenoxy) is 4. The summed E-state index contributed by atoms with van der Waals surface area (Å²) in [6.45, 7) is 0.631. The number of hydrogen-bond donors (Lipinski definition) is 0. The summed E-state index contributed by atoms with van der Waals surface area (Å²) in [5.74, 6) is -1.06. The Bertz CT molecular complexity index is 419. The molecule has 0 amide bonds. The Labute approximate surface area is 138 Å². The van der Waals surface area contributed by atoms with Crippen LogP contribution >= 0.6 is 0 Å². The third-order valence-electron chi connectivity index (χ3n) is 2.27. The topological polar surface area (TPSA) is 169 Å². The lowest BCUT2D eigenvalue weighted by Gasteiger charge is -2.06. The Kier molecular flexibility index (Phi) is 15.1. The van der Waals surface area contributed by atoms with Gasteiger partial charge in [0.25, 0.3) is 0 Å². The minimum atomic E-state index is -0.532. The maximum Gasteiger partial charge on any atom is 0.332 e. The number of hydrogen-bond acceptors (Lipinski definition) is 8. The quantitative estimate of drug-likeness (QED) is 0.143. The smallest absolute Gasteiger partial charge is 0.332 e. The molecular weight excluding hydrogens is 324 g/mol. The lowest BCUT2D eigenvalue weighted by atomic mass is 10.5. The van der Waals surface area contributed by atoms with Gasteiger partial charge in [-0.25, -0.2) is 9.59 Å². The van der Waals surface area contributed by atoms with E-state index in [1.54, 1.807) is 0 Å². The highest BCUT2D eigenvalue weighted by Gasteiger charge is 2.04. The molecule has 0 bridgehead atoms. The predicted molar refractivity (Wildman–Crippen MR) is 80.8 cm³/mol. The largest absolute Gasteiger partial charge is 0.464 e. The first kappa shape index (κ1) is 21.5. The molecule has 134 valence electrons. The molecule has 0 aromatic rings. The van der Waals surface area contributed by atoms with E-state index in [1.165, 1.54) is 0 Å². The molecule has 0 atom stereocenters. The molecule has 0 saturated heterocycles. The lowest BCUT2D eigenvalue weighted by molar-refractivity contribution is -0.152. The van der Waals surface area contributed by atoms with Gasteiger partial charge in [-0.15, -0.1) is 0 Å². The van der Waals surface area contributed by atoms with Crippen molar-refractivity contribution in [3.05, 3.63) is 20.9 Å². The molecule has 0 aliphatic carbocycles. The molecule has 0 spiro atoms. The number of carbonyl (C=O) groups is 2. The number of azide groups is 2. The van der Waals surface area contributed by atoms with E-state index in [0.29, 0.717) is 12.8 Å². The lowest BCUT2D eigenvalue weighted by Crippen LogP contribution is -2.18. The second-order valence-corrected chi connectivity index (χ2v) is 4.16. The van der Waals surface area contributed by atoms with Gasteiger partial charge in [-0.3, -0.25) is 0 Å². The number of carbonyl (C=O) groups excluding carboxylic acids is 2. The molecule has 12 nitrogen and oxygen atoms in total. The van der Waals surface area contributed by atoms with Gasteiger partial charge in [-0.2, -0.15) is 0 Å². The molecule has 0 saturated carbocycles. The monoisotopic (exact) mass is 344 g/mol. The molecular formula is C12H20N6O6. The second kappa shape index (κ2) is 16.8. The third kappa shape index (κ3) is 15.9. The summed E-state index contributed by atoms with van der Waals surface area (Å²) in [7, 11) is 0. The van der Waals surface area contributed by atoms with Crippen LogP contribution in [0.5, 0.6) is 0 Å². The van der Waals surface area contributed by atoms with Crippen molar-refractivity contribution in [3.8, 4) is 0 Å². The molecule has 0 unspecified atom stereocenters. The molecule has 0 rings (SSSR count). The van der Waals surface area contributed by atoms with Crippen LogP contribution in [0.25, 0.3) is 20.9 Å². The predicted octanol–water partition coefficient (Wildman–Crippen LogP) is 1.51. The van der Waals surface area contributed by atoms with Crippen molar-refractivity contribution < 1.29 is 28.5 Å². The average Bonchev–Trinajstić information content (AvgIpc) is 2.57. The highest BCUT2D eigenvalue weighted by molar-refractivity contribution is 5.71. The first-order valence-electron chi connectivity index (χ1n) is 7.19. The Balaban J connectivity index is 3.36. The van der Waals surface area contributed by atoms with Crippen LogP contribution in [0.4, 0.5) is 0 Å². The van der Waals surface area contributed by atoms with E-state index in [4.69, 9.17) is 30.0 Å². The van der Waals surface area contributed by atoms with Crippen LogP contribution in [-0.4, -0.2) is 64.7 Å². The summed E-state index contributed by atoms with van der Waals surface area (Å²) in [5.41, 5.74) is 16.1. The van der Waals surface area contributed by atoms with Crippen molar-refractivity contribution in [2.75, 3.05) is 52.7 Å². The van der Waals surface area contributed by atoms with Gasteiger partial charge in [-0.1, -0.05) is 10.2 Å². The van der Waals surface area contributed by atoms with E-state index >= 15 is 0 Å². The molecule has 0 aliphatic heterocycles. The van der Waals surface area contributed by atoms with Gasteiger partial charge in [-0.05, 0) is 23.9 Å². The summed E-state index contributed by atoms with van der Waals surface area (Å²) < 4.78 is 19.6. The second-order valence-electron chi connectivity index (χ2n) is 4.16. The number of nitrogens with zero attached hydrogens (tertiary/aromatic N) is 6. The van der Waals surface area contributed by atoms with Gasteiger partial charge in [0.05, 0.1) is 26.4 Å². The van der Waals surface area contributed by atoms with E-state index in [-0.39, 0.29) is 52.7 Å². The van der Waals surface area contributed by atoms with Gasteiger partial charge in [0.1, 0.15) is 13.2 Å². The van der Waals surface area contributed by atoms with Crippen molar-refractivity contribution in [3.63, 3.8) is 0 Å². The summed E-state index contributed by atoms with van der Waals surface area (Å²) in [5, 5.41) is 6.59. The SMILES string of the molecule is [N-]=[N+]=NCCCOC(=O)COCCOCC(=O)OCCCN=[N+]=[N-]. The van der Waals surface area contributed by atoms with E-state index < -0.39 is 11.9 Å². The zero-order valence-corrected chi connectivity index (χ0v) is 13.2. The molecule has 0 aliphatic rings. The van der Waals surface area contributed by atoms with Crippen LogP contribution in [0.2, 0.25) is 0 Å². The summed E-state index contributed by atoms with van der Waals surface area (Å²) in [6, 6.07) is 0. The van der Waals surface area contributed by atoms with Gasteiger partial charge < -0.3 is 18.9 Å². The Morgan fingerprint density at radius 1 is 0.750 bits per heavy atom. The Morgan fingerprint density at radius 3 is 1.54 bits per heavy atom. The van der Waals surface area contributed by atoms with Crippen molar-refractivity contribution in [2.45, 2.75) is 12.8 Å². The Hall–Kier alpha value is -2.52. The molecule has 0 fully saturated rings. The fraction of sp³-hybridized carbons (Fsp3) is 0.833. The van der Waals surface area contributed by atoms with Crippen LogP contribution in [0.1, 0.15) is 12.8 Å². The maximum atomic E-state index is 11.2. The van der Waals surface area contributed by atoms with Crippen LogP contribution in [-0.2, 0) is 28.5 Å².